The van der Waals surface area contributed by atoms with Crippen LogP contribution in [0.1, 0.15) is 11.5 Å². The summed E-state index contributed by atoms with van der Waals surface area (Å²) in [5.41, 5.74) is 7.78. The number of imidazole rings is 1. The predicted octanol–water partition coefficient (Wildman–Crippen LogP) is 1.86. The molecule has 0 saturated carbocycles. The summed E-state index contributed by atoms with van der Waals surface area (Å²) in [5.74, 6) is 0.961. The smallest absolute Gasteiger partial charge is 0.132 e. The van der Waals surface area contributed by atoms with Crippen molar-refractivity contribution in [2.24, 2.45) is 5.73 Å². The zero-order valence-electron chi connectivity index (χ0n) is 7.29. The molecule has 0 fully saturated rings. The fourth-order valence-corrected chi connectivity index (χ4v) is 2.07. The second-order valence-corrected chi connectivity index (χ2v) is 3.64. The van der Waals surface area contributed by atoms with Crippen molar-refractivity contribution < 1.29 is 0 Å². The molecule has 68 valence electrons. The number of aromatic nitrogens is 2. The molecule has 0 bridgehead atoms. The maximum atomic E-state index is 5.63. The van der Waals surface area contributed by atoms with E-state index in [1.54, 1.807) is 0 Å². The van der Waals surface area contributed by atoms with E-state index < -0.39 is 0 Å². The van der Waals surface area contributed by atoms with Crippen LogP contribution >= 0.6 is 15.9 Å². The molecule has 4 heteroatoms. The number of hydrogen-bond acceptors (Lipinski definition) is 2. The number of nitrogens with zero attached hydrogens (tertiary/aromatic N) is 2. The van der Waals surface area contributed by atoms with Crippen molar-refractivity contribution in [3.8, 4) is 0 Å². The van der Waals surface area contributed by atoms with Crippen LogP contribution in [-0.4, -0.2) is 9.38 Å². The number of fused-ring (bicyclic) bond motifs is 1. The van der Waals surface area contributed by atoms with Gasteiger partial charge in [0.15, 0.2) is 0 Å². The van der Waals surface area contributed by atoms with Gasteiger partial charge in [0.1, 0.15) is 10.4 Å². The quantitative estimate of drug-likeness (QED) is 0.826. The normalized spacial score (nSPS) is 11.0. The predicted molar refractivity (Wildman–Crippen MR) is 55.5 cm³/mol. The highest BCUT2D eigenvalue weighted by molar-refractivity contribution is 9.10. The van der Waals surface area contributed by atoms with Crippen molar-refractivity contribution >= 4 is 21.4 Å². The van der Waals surface area contributed by atoms with Gasteiger partial charge >= 0.3 is 0 Å². The van der Waals surface area contributed by atoms with E-state index in [1.807, 2.05) is 25.1 Å². The third-order valence-corrected chi connectivity index (χ3v) is 2.66. The van der Waals surface area contributed by atoms with Crippen molar-refractivity contribution in [3.63, 3.8) is 0 Å². The Labute approximate surface area is 84.7 Å². The Morgan fingerprint density at radius 1 is 1.54 bits per heavy atom. The van der Waals surface area contributed by atoms with Crippen LogP contribution in [0.2, 0.25) is 0 Å². The van der Waals surface area contributed by atoms with Gasteiger partial charge in [0.25, 0.3) is 0 Å². The standard InChI is InChI=1S/C9H10BrN3/c1-6-12-9(10)8-4-2-3-7(5-11)13(6)8/h2-4H,5,11H2,1H3. The lowest BCUT2D eigenvalue weighted by Gasteiger charge is -2.03. The summed E-state index contributed by atoms with van der Waals surface area (Å²) in [5, 5.41) is 0. The van der Waals surface area contributed by atoms with E-state index in [0.717, 1.165) is 21.6 Å². The molecule has 2 aromatic heterocycles. The Bertz CT molecular complexity index is 447. The number of aryl methyl sites for hydroxylation is 1. The van der Waals surface area contributed by atoms with Gasteiger partial charge < -0.3 is 5.73 Å². The Balaban J connectivity index is 2.88. The molecule has 0 amide bonds. The molecule has 2 heterocycles. The molecule has 2 aromatic rings. The van der Waals surface area contributed by atoms with Crippen LogP contribution < -0.4 is 5.73 Å². The fraction of sp³-hybridized carbons (Fsp3) is 0.222. The van der Waals surface area contributed by atoms with E-state index in [2.05, 4.69) is 25.3 Å². The van der Waals surface area contributed by atoms with E-state index in [1.165, 1.54) is 0 Å². The molecular weight excluding hydrogens is 230 g/mol. The van der Waals surface area contributed by atoms with Gasteiger partial charge in [0.05, 0.1) is 5.52 Å². The van der Waals surface area contributed by atoms with E-state index in [-0.39, 0.29) is 0 Å². The van der Waals surface area contributed by atoms with E-state index in [0.29, 0.717) is 6.54 Å². The van der Waals surface area contributed by atoms with Gasteiger partial charge in [-0.25, -0.2) is 4.98 Å². The van der Waals surface area contributed by atoms with Crippen molar-refractivity contribution in [2.75, 3.05) is 0 Å². The molecule has 0 saturated heterocycles. The fourth-order valence-electron chi connectivity index (χ4n) is 1.51. The highest BCUT2D eigenvalue weighted by atomic mass is 79.9. The van der Waals surface area contributed by atoms with Gasteiger partial charge in [-0.1, -0.05) is 6.07 Å². The SMILES string of the molecule is Cc1nc(Br)c2cccc(CN)n12. The second kappa shape index (κ2) is 3.12. The van der Waals surface area contributed by atoms with Gasteiger partial charge in [-0.05, 0) is 35.0 Å². The monoisotopic (exact) mass is 239 g/mol. The summed E-state index contributed by atoms with van der Waals surface area (Å²) in [6.45, 7) is 2.50. The van der Waals surface area contributed by atoms with Crippen LogP contribution in [0.4, 0.5) is 0 Å². The molecule has 2 N–H and O–H groups in total. The zero-order valence-corrected chi connectivity index (χ0v) is 8.87. The minimum Gasteiger partial charge on any atom is -0.325 e. The average Bonchev–Trinajstić information content (AvgIpc) is 2.43. The van der Waals surface area contributed by atoms with Crippen LogP contribution in [0.3, 0.4) is 0 Å². The summed E-state index contributed by atoms with van der Waals surface area (Å²) >= 11 is 3.41. The maximum Gasteiger partial charge on any atom is 0.132 e. The molecule has 0 aliphatic heterocycles. The first-order chi connectivity index (χ1) is 6.24. The van der Waals surface area contributed by atoms with Gasteiger partial charge in [0, 0.05) is 12.2 Å². The van der Waals surface area contributed by atoms with Crippen LogP contribution in [-0.2, 0) is 6.54 Å². The van der Waals surface area contributed by atoms with Gasteiger partial charge in [-0.3, -0.25) is 4.40 Å². The number of nitrogens with two attached hydrogens (primary N) is 1. The first-order valence-corrected chi connectivity index (χ1v) is 4.86. The number of rotatable bonds is 1. The van der Waals surface area contributed by atoms with E-state index in [9.17, 15) is 0 Å². The molecule has 0 atom stereocenters. The summed E-state index contributed by atoms with van der Waals surface area (Å²) in [6, 6.07) is 6.01. The number of pyridine rings is 1. The van der Waals surface area contributed by atoms with E-state index in [4.69, 9.17) is 5.73 Å². The first kappa shape index (κ1) is 8.72. The van der Waals surface area contributed by atoms with Gasteiger partial charge in [0.2, 0.25) is 0 Å². The second-order valence-electron chi connectivity index (χ2n) is 2.89. The minimum atomic E-state index is 0.529. The lowest BCUT2D eigenvalue weighted by atomic mass is 10.3. The molecule has 0 aromatic carbocycles. The molecule has 0 aliphatic rings. The highest BCUT2D eigenvalue weighted by Crippen LogP contribution is 2.19. The zero-order chi connectivity index (χ0) is 9.42. The van der Waals surface area contributed by atoms with Crippen molar-refractivity contribution in [2.45, 2.75) is 13.5 Å². The van der Waals surface area contributed by atoms with Crippen molar-refractivity contribution in [3.05, 3.63) is 34.3 Å². The third kappa shape index (κ3) is 1.26. The number of halogens is 1. The molecule has 0 radical (unpaired) electrons. The largest absolute Gasteiger partial charge is 0.325 e. The molecular formula is C9H10BrN3. The Hall–Kier alpha value is -0.870. The summed E-state index contributed by atoms with van der Waals surface area (Å²) in [6.07, 6.45) is 0. The van der Waals surface area contributed by atoms with Crippen LogP contribution in [0.15, 0.2) is 22.8 Å². The third-order valence-electron chi connectivity index (χ3n) is 2.07. The van der Waals surface area contributed by atoms with Crippen molar-refractivity contribution in [1.82, 2.24) is 9.38 Å². The Morgan fingerprint density at radius 2 is 2.31 bits per heavy atom. The van der Waals surface area contributed by atoms with Crippen LogP contribution in [0.5, 0.6) is 0 Å². The molecule has 3 nitrogen and oxygen atoms in total. The lowest BCUT2D eigenvalue weighted by Crippen LogP contribution is -2.04. The Kier molecular flexibility index (Phi) is 2.09. The Morgan fingerprint density at radius 3 is 3.00 bits per heavy atom. The summed E-state index contributed by atoms with van der Waals surface area (Å²) in [4.78, 5) is 4.32. The topological polar surface area (TPSA) is 43.3 Å². The first-order valence-electron chi connectivity index (χ1n) is 4.06. The van der Waals surface area contributed by atoms with Crippen molar-refractivity contribution in [1.29, 1.82) is 0 Å². The highest BCUT2D eigenvalue weighted by Gasteiger charge is 2.07. The number of hydrogen-bond donors (Lipinski definition) is 1. The molecule has 13 heavy (non-hydrogen) atoms. The molecule has 0 unspecified atom stereocenters. The van der Waals surface area contributed by atoms with Gasteiger partial charge in [-0.2, -0.15) is 0 Å². The molecule has 0 spiro atoms. The van der Waals surface area contributed by atoms with Crippen LogP contribution in [0, 0.1) is 6.92 Å². The lowest BCUT2D eigenvalue weighted by molar-refractivity contribution is 0.907. The van der Waals surface area contributed by atoms with E-state index >= 15 is 0 Å². The average molecular weight is 240 g/mol. The maximum absolute atomic E-state index is 5.63. The van der Waals surface area contributed by atoms with Crippen LogP contribution in [0.25, 0.3) is 5.52 Å². The summed E-state index contributed by atoms with van der Waals surface area (Å²) < 4.78 is 2.93. The summed E-state index contributed by atoms with van der Waals surface area (Å²) in [7, 11) is 0. The molecule has 0 aliphatic carbocycles. The minimum absolute atomic E-state index is 0.529. The molecule has 2 rings (SSSR count). The van der Waals surface area contributed by atoms with Gasteiger partial charge in [-0.15, -0.1) is 0 Å².